The summed E-state index contributed by atoms with van der Waals surface area (Å²) in [5.41, 5.74) is -0.00116. The first kappa shape index (κ1) is 32.8. The van der Waals surface area contributed by atoms with E-state index < -0.39 is 43.6 Å². The maximum absolute atomic E-state index is 15.1. The van der Waals surface area contributed by atoms with Gasteiger partial charge in [-0.1, -0.05) is 45.8 Å². The molecule has 38 heavy (non-hydrogen) atoms. The lowest BCUT2D eigenvalue weighted by Gasteiger charge is -2.38. The average Bonchev–Trinajstić information content (AvgIpc) is 2.92. The van der Waals surface area contributed by atoms with E-state index in [1.807, 2.05) is 0 Å². The van der Waals surface area contributed by atoms with Gasteiger partial charge in [-0.15, -0.1) is 0 Å². The zero-order valence-electron chi connectivity index (χ0n) is 22.9. The monoisotopic (exact) mass is 546 g/mol. The van der Waals surface area contributed by atoms with Gasteiger partial charge in [-0.25, -0.2) is 4.79 Å². The fraction of sp³-hybridized carbons (Fsp3) is 0.828. The van der Waals surface area contributed by atoms with Gasteiger partial charge in [0.2, 0.25) is 0 Å². The minimum absolute atomic E-state index is 0.0111. The van der Waals surface area contributed by atoms with Crippen molar-refractivity contribution in [1.82, 2.24) is 0 Å². The quantitative estimate of drug-likeness (QED) is 0.0763. The molecule has 0 aromatic heterocycles. The summed E-state index contributed by atoms with van der Waals surface area (Å²) in [5, 5.41) is 28.2. The fourth-order valence-electron chi connectivity index (χ4n) is 5.55. The zero-order valence-corrected chi connectivity index (χ0v) is 22.9. The zero-order chi connectivity index (χ0) is 28.1. The molecule has 0 heterocycles. The van der Waals surface area contributed by atoms with Gasteiger partial charge in [0, 0.05) is 11.5 Å². The summed E-state index contributed by atoms with van der Waals surface area (Å²) in [7, 11) is 0. The van der Waals surface area contributed by atoms with Crippen molar-refractivity contribution in [2.24, 2.45) is 23.7 Å². The Labute approximate surface area is 226 Å². The van der Waals surface area contributed by atoms with Crippen LogP contribution in [0.5, 0.6) is 0 Å². The second kappa shape index (κ2) is 16.7. The third kappa shape index (κ3) is 10.6. The first-order chi connectivity index (χ1) is 18.1. The molecule has 2 aliphatic carbocycles. The molecule has 0 bridgehead atoms. The average molecular weight is 547 g/mol. The predicted octanol–water partition coefficient (Wildman–Crippen LogP) is 5.13. The Morgan fingerprint density at radius 1 is 0.974 bits per heavy atom. The van der Waals surface area contributed by atoms with E-state index in [1.165, 1.54) is 25.7 Å². The van der Waals surface area contributed by atoms with E-state index in [1.54, 1.807) is 0 Å². The van der Waals surface area contributed by atoms with Gasteiger partial charge in [0.15, 0.2) is 6.29 Å². The van der Waals surface area contributed by atoms with E-state index in [0.717, 1.165) is 12.8 Å². The summed E-state index contributed by atoms with van der Waals surface area (Å²) in [6.45, 7) is 8.10. The van der Waals surface area contributed by atoms with Crippen molar-refractivity contribution in [3.63, 3.8) is 0 Å². The highest BCUT2D eigenvalue weighted by atomic mass is 19.3. The van der Waals surface area contributed by atoms with Crippen LogP contribution in [0.3, 0.4) is 0 Å². The van der Waals surface area contributed by atoms with Crippen LogP contribution in [-0.2, 0) is 19.0 Å². The van der Waals surface area contributed by atoms with Crippen LogP contribution in [0.1, 0.15) is 84.0 Å². The van der Waals surface area contributed by atoms with Crippen LogP contribution in [0.25, 0.3) is 0 Å². The lowest BCUT2D eigenvalue weighted by Crippen LogP contribution is -2.40. The van der Waals surface area contributed by atoms with Gasteiger partial charge in [0.1, 0.15) is 0 Å². The molecule has 0 spiro atoms. The SMILES string of the molecule is C=C(CO)C(=O)OCC(COC(O)C(=C)CO)C1CCC(C(F)(F)OC2CCC(CCCCC)CC2)CC1. The molecule has 0 aromatic rings. The molecule has 2 atom stereocenters. The van der Waals surface area contributed by atoms with Gasteiger partial charge >= 0.3 is 12.1 Å². The lowest BCUT2D eigenvalue weighted by molar-refractivity contribution is -0.302. The summed E-state index contributed by atoms with van der Waals surface area (Å²) < 4.78 is 46.3. The molecule has 2 unspecified atom stereocenters. The molecule has 3 N–H and O–H groups in total. The number of halogens is 2. The third-order valence-electron chi connectivity index (χ3n) is 8.18. The van der Waals surface area contributed by atoms with E-state index in [4.69, 9.17) is 24.4 Å². The predicted molar refractivity (Wildman–Crippen MR) is 140 cm³/mol. The third-order valence-corrected chi connectivity index (χ3v) is 8.18. The van der Waals surface area contributed by atoms with Gasteiger partial charge in [0.05, 0.1) is 44.0 Å². The molecule has 2 rings (SSSR count). The summed E-state index contributed by atoms with van der Waals surface area (Å²) in [6.07, 6.45) is 4.59. The first-order valence-corrected chi connectivity index (χ1v) is 14.2. The van der Waals surface area contributed by atoms with Crippen LogP contribution in [0.15, 0.2) is 24.3 Å². The number of unbranched alkanes of at least 4 members (excludes halogenated alkanes) is 2. The highest BCUT2D eigenvalue weighted by Crippen LogP contribution is 2.44. The minimum atomic E-state index is -3.18. The van der Waals surface area contributed by atoms with Crippen molar-refractivity contribution in [3.8, 4) is 0 Å². The second-order valence-corrected chi connectivity index (χ2v) is 11.1. The van der Waals surface area contributed by atoms with Crippen molar-refractivity contribution < 1.29 is 43.1 Å². The van der Waals surface area contributed by atoms with E-state index in [0.29, 0.717) is 31.6 Å². The molecule has 9 heteroatoms. The molecule has 0 aromatic carbocycles. The number of esters is 1. The Bertz CT molecular complexity index is 728. The normalized spacial score (nSPS) is 25.9. The van der Waals surface area contributed by atoms with Crippen molar-refractivity contribution in [2.75, 3.05) is 26.4 Å². The number of aliphatic hydroxyl groups excluding tert-OH is 3. The molecule has 0 amide bonds. The number of alkyl halides is 2. The van der Waals surface area contributed by atoms with Crippen LogP contribution < -0.4 is 0 Å². The van der Waals surface area contributed by atoms with Crippen molar-refractivity contribution >= 4 is 5.97 Å². The van der Waals surface area contributed by atoms with Crippen molar-refractivity contribution in [3.05, 3.63) is 24.3 Å². The van der Waals surface area contributed by atoms with Crippen LogP contribution in [-0.4, -0.2) is 66.2 Å². The van der Waals surface area contributed by atoms with Crippen LogP contribution in [0.2, 0.25) is 0 Å². The maximum Gasteiger partial charge on any atom is 0.358 e. The number of carbonyl (C=O) groups excluding carboxylic acids is 1. The fourth-order valence-corrected chi connectivity index (χ4v) is 5.55. The number of ether oxygens (including phenoxy) is 3. The highest BCUT2D eigenvalue weighted by Gasteiger charge is 2.45. The summed E-state index contributed by atoms with van der Waals surface area (Å²) in [4.78, 5) is 12.0. The van der Waals surface area contributed by atoms with E-state index in [2.05, 4.69) is 20.1 Å². The minimum Gasteiger partial charge on any atom is -0.462 e. The molecule has 0 saturated heterocycles. The highest BCUT2D eigenvalue weighted by molar-refractivity contribution is 5.87. The molecule has 2 fully saturated rings. The molecule has 220 valence electrons. The summed E-state index contributed by atoms with van der Waals surface area (Å²) >= 11 is 0. The summed E-state index contributed by atoms with van der Waals surface area (Å²) in [6, 6.07) is 0. The number of hydrogen-bond donors (Lipinski definition) is 3. The number of carbonyl (C=O) groups is 1. The Hall–Kier alpha value is -1.39. The number of rotatable bonds is 17. The van der Waals surface area contributed by atoms with Gasteiger partial charge in [0.25, 0.3) is 0 Å². The molecule has 2 saturated carbocycles. The maximum atomic E-state index is 15.1. The molecule has 0 aliphatic heterocycles. The Kier molecular flexibility index (Phi) is 14.4. The smallest absolute Gasteiger partial charge is 0.358 e. The van der Waals surface area contributed by atoms with Crippen LogP contribution in [0.4, 0.5) is 8.78 Å². The number of hydrogen-bond acceptors (Lipinski definition) is 7. The molecule has 7 nitrogen and oxygen atoms in total. The molecule has 2 aliphatic rings. The first-order valence-electron chi connectivity index (χ1n) is 14.2. The second-order valence-electron chi connectivity index (χ2n) is 11.1. The van der Waals surface area contributed by atoms with Crippen molar-refractivity contribution in [2.45, 2.75) is 102 Å². The Balaban J connectivity index is 1.87. The van der Waals surface area contributed by atoms with E-state index >= 15 is 8.78 Å². The van der Waals surface area contributed by atoms with Gasteiger partial charge in [-0.2, -0.15) is 8.78 Å². The van der Waals surface area contributed by atoms with Crippen molar-refractivity contribution in [1.29, 1.82) is 0 Å². The lowest BCUT2D eigenvalue weighted by atomic mass is 9.75. The summed E-state index contributed by atoms with van der Waals surface area (Å²) in [5.74, 6) is -1.44. The van der Waals surface area contributed by atoms with Gasteiger partial charge < -0.3 is 29.5 Å². The van der Waals surface area contributed by atoms with Gasteiger partial charge in [-0.3, -0.25) is 0 Å². The topological polar surface area (TPSA) is 105 Å². The molecular formula is C29H48F2O7. The molecular weight excluding hydrogens is 498 g/mol. The van der Waals surface area contributed by atoms with E-state index in [-0.39, 0.29) is 49.0 Å². The molecule has 0 radical (unpaired) electrons. The van der Waals surface area contributed by atoms with E-state index in [9.17, 15) is 9.90 Å². The largest absolute Gasteiger partial charge is 0.462 e. The number of aliphatic hydroxyl groups is 3. The Morgan fingerprint density at radius 3 is 2.21 bits per heavy atom. The Morgan fingerprint density at radius 2 is 1.63 bits per heavy atom. The standard InChI is InChI=1S/C29H48F2O7/c1-4-5-6-7-22-8-14-26(15-9-22)38-29(30,31)25-12-10-23(11-13-25)24(18-36-27(34)20(2)16-32)19-37-28(35)21(3)17-33/h22-27,32-34H,2-19H2,1H3. The van der Waals surface area contributed by atoms with Gasteiger partial charge in [-0.05, 0) is 63.2 Å². The van der Waals surface area contributed by atoms with Crippen LogP contribution >= 0.6 is 0 Å². The van der Waals surface area contributed by atoms with Crippen LogP contribution in [0, 0.1) is 23.7 Å².